The molecule has 0 aromatic rings. The average molecular weight is 320 g/mol. The molecule has 0 aromatic carbocycles. The maximum absolute atomic E-state index is 12.2. The molecule has 0 aliphatic heterocycles. The monoisotopic (exact) mass is 320 g/mol. The maximum atomic E-state index is 12.2. The van der Waals surface area contributed by atoms with Crippen molar-refractivity contribution in [2.75, 3.05) is 11.5 Å². The lowest BCUT2D eigenvalue weighted by molar-refractivity contribution is 0.166. The Morgan fingerprint density at radius 3 is 1.39 bits per heavy atom. The van der Waals surface area contributed by atoms with Crippen molar-refractivity contribution in [3.63, 3.8) is 0 Å². The Morgan fingerprint density at radius 1 is 0.889 bits per heavy atom. The van der Waals surface area contributed by atoms with E-state index in [-0.39, 0.29) is 0 Å². The van der Waals surface area contributed by atoms with E-state index in [1.54, 1.807) is 0 Å². The number of halogens is 6. The highest BCUT2D eigenvalue weighted by molar-refractivity contribution is 7.87. The molecule has 0 aliphatic carbocycles. The summed E-state index contributed by atoms with van der Waals surface area (Å²) in [5.74, 6) is -6.65. The van der Waals surface area contributed by atoms with E-state index in [0.29, 0.717) is 0 Å². The Balaban J connectivity index is 5.54. The van der Waals surface area contributed by atoms with Crippen LogP contribution >= 0.6 is 0 Å². The van der Waals surface area contributed by atoms with Gasteiger partial charge in [-0.25, -0.2) is 8.78 Å². The summed E-state index contributed by atoms with van der Waals surface area (Å²) >= 11 is 0. The zero-order valence-corrected chi connectivity index (χ0v) is 9.92. The van der Waals surface area contributed by atoms with Crippen LogP contribution in [0.15, 0.2) is 11.7 Å². The van der Waals surface area contributed by atoms with Gasteiger partial charge in [0, 0.05) is 5.92 Å². The summed E-state index contributed by atoms with van der Waals surface area (Å²) in [6.45, 7) is 0. The van der Waals surface area contributed by atoms with Gasteiger partial charge in [0.15, 0.2) is 0 Å². The lowest BCUT2D eigenvalue weighted by atomic mass is 10.1. The smallest absolute Gasteiger partial charge is 0.205 e. The molecule has 0 amide bonds. The van der Waals surface area contributed by atoms with Gasteiger partial charge in [-0.1, -0.05) is 0 Å². The third-order valence-electron chi connectivity index (χ3n) is 1.69. The second-order valence-corrected chi connectivity index (χ2v) is 5.95. The predicted octanol–water partition coefficient (Wildman–Crippen LogP) is 1.62. The van der Waals surface area contributed by atoms with Crippen LogP contribution in [-0.2, 0) is 20.4 Å². The maximum Gasteiger partial charge on any atom is 0.303 e. The molecule has 0 spiro atoms. The van der Waals surface area contributed by atoms with Gasteiger partial charge in [0.05, 0.1) is 17.1 Å². The Hall–Kier alpha value is -0.780. The van der Waals surface area contributed by atoms with Crippen LogP contribution in [0.4, 0.5) is 25.3 Å². The predicted molar refractivity (Wildman–Crippen MR) is 48.5 cm³/mol. The van der Waals surface area contributed by atoms with Crippen LogP contribution in [0.3, 0.4) is 0 Å². The van der Waals surface area contributed by atoms with Crippen molar-refractivity contribution in [3.8, 4) is 0 Å². The first kappa shape index (κ1) is 17.2. The lowest BCUT2D eigenvalue weighted by Gasteiger charge is -2.15. The molecule has 0 rings (SSSR count). The van der Waals surface area contributed by atoms with Crippen molar-refractivity contribution in [1.29, 1.82) is 0 Å². The highest BCUT2D eigenvalue weighted by Crippen LogP contribution is 2.28. The van der Waals surface area contributed by atoms with Crippen molar-refractivity contribution in [3.05, 3.63) is 11.7 Å². The van der Waals surface area contributed by atoms with Gasteiger partial charge in [0.25, 0.3) is 12.5 Å². The number of allylic oxidation sites excluding steroid dienone is 1. The lowest BCUT2D eigenvalue weighted by Crippen LogP contribution is -2.26. The highest BCUT2D eigenvalue weighted by atomic mass is 32.3. The number of rotatable bonds is 6. The zero-order valence-electron chi connectivity index (χ0n) is 8.29. The van der Waals surface area contributed by atoms with Crippen molar-refractivity contribution in [1.82, 2.24) is 0 Å². The van der Waals surface area contributed by atoms with Crippen molar-refractivity contribution in [2.45, 2.75) is 6.43 Å². The van der Waals surface area contributed by atoms with Crippen molar-refractivity contribution < 1.29 is 42.2 Å². The van der Waals surface area contributed by atoms with Gasteiger partial charge in [-0.05, 0) is 0 Å². The van der Waals surface area contributed by atoms with Gasteiger partial charge in [0.1, 0.15) is 0 Å². The molecule has 0 radical (unpaired) electrons. The molecule has 4 nitrogen and oxygen atoms in total. The summed E-state index contributed by atoms with van der Waals surface area (Å²) in [6, 6.07) is 0. The summed E-state index contributed by atoms with van der Waals surface area (Å²) in [5.41, 5.74) is -2.21. The van der Waals surface area contributed by atoms with E-state index in [9.17, 15) is 42.2 Å². The minimum Gasteiger partial charge on any atom is -0.205 e. The molecule has 0 unspecified atom stereocenters. The van der Waals surface area contributed by atoms with Crippen LogP contribution in [0, 0.1) is 5.92 Å². The first-order chi connectivity index (χ1) is 7.83. The Bertz CT molecular complexity index is 484. The third-order valence-corrected chi connectivity index (χ3v) is 3.29. The molecular formula is C6H6F6O4S2. The second kappa shape index (κ2) is 5.91. The van der Waals surface area contributed by atoms with Gasteiger partial charge < -0.3 is 0 Å². The van der Waals surface area contributed by atoms with E-state index in [0.717, 1.165) is 0 Å². The van der Waals surface area contributed by atoms with E-state index >= 15 is 0 Å². The van der Waals surface area contributed by atoms with Gasteiger partial charge in [-0.15, -0.1) is 7.77 Å². The molecule has 0 heterocycles. The normalized spacial score (nSPS) is 13.1. The topological polar surface area (TPSA) is 68.3 Å². The van der Waals surface area contributed by atoms with Crippen LogP contribution in [0.2, 0.25) is 0 Å². The fraction of sp³-hybridized carbons (Fsp3) is 0.667. The van der Waals surface area contributed by atoms with Gasteiger partial charge >= 0.3 is 20.4 Å². The van der Waals surface area contributed by atoms with Crippen LogP contribution in [0.25, 0.3) is 0 Å². The van der Waals surface area contributed by atoms with Gasteiger partial charge in [-0.2, -0.15) is 25.6 Å². The highest BCUT2D eigenvalue weighted by Gasteiger charge is 2.34. The quantitative estimate of drug-likeness (QED) is 0.551. The largest absolute Gasteiger partial charge is 0.303 e. The third kappa shape index (κ3) is 6.83. The van der Waals surface area contributed by atoms with E-state index in [1.165, 1.54) is 0 Å². The van der Waals surface area contributed by atoms with Crippen LogP contribution < -0.4 is 0 Å². The molecule has 0 fully saturated rings. The minimum absolute atomic E-state index is 1.98. The summed E-state index contributed by atoms with van der Waals surface area (Å²) in [7, 11) is -11.1. The second-order valence-electron chi connectivity index (χ2n) is 3.12. The molecule has 0 aliphatic rings. The van der Waals surface area contributed by atoms with Crippen LogP contribution in [0.1, 0.15) is 0 Å². The first-order valence-corrected chi connectivity index (χ1v) is 7.12. The number of hydrogen-bond acceptors (Lipinski definition) is 4. The van der Waals surface area contributed by atoms with Crippen molar-refractivity contribution in [2.24, 2.45) is 5.92 Å². The van der Waals surface area contributed by atoms with E-state index in [4.69, 9.17) is 0 Å². The summed E-state index contributed by atoms with van der Waals surface area (Å²) in [5, 5.41) is 0. The molecule has 0 N–H and O–H groups in total. The fourth-order valence-electron chi connectivity index (χ4n) is 1.12. The van der Waals surface area contributed by atoms with E-state index in [2.05, 4.69) is 0 Å². The number of hydrogen-bond donors (Lipinski definition) is 0. The average Bonchev–Trinajstić information content (AvgIpc) is 1.93. The molecule has 108 valence electrons. The van der Waals surface area contributed by atoms with Gasteiger partial charge in [0.2, 0.25) is 0 Å². The number of alkyl halides is 2. The first-order valence-electron chi connectivity index (χ1n) is 4.01. The van der Waals surface area contributed by atoms with E-state index in [1.807, 2.05) is 0 Å². The molecule has 0 atom stereocenters. The van der Waals surface area contributed by atoms with Crippen LogP contribution in [-0.4, -0.2) is 34.8 Å². The Kier molecular flexibility index (Phi) is 5.65. The SMILES string of the molecule is O=S(=O)(F)CC(CS(=O)(=O)F)C(=C(F)F)C(F)F. The zero-order chi connectivity index (χ0) is 14.7. The standard InChI is InChI=1S/C6H6F6O4S2/c7-5(8)4(6(9)10)3(1-17(11,13)14)2-18(12,15)16/h3,5H,1-2H2. The summed E-state index contributed by atoms with van der Waals surface area (Å²) < 4.78 is 114. The Morgan fingerprint density at radius 2 is 1.22 bits per heavy atom. The summed E-state index contributed by atoms with van der Waals surface area (Å²) in [4.78, 5) is 0. The Labute approximate surface area is 98.7 Å². The minimum atomic E-state index is -5.54. The molecule has 0 saturated heterocycles. The summed E-state index contributed by atoms with van der Waals surface area (Å²) in [6.07, 6.45) is -7.02. The molecule has 0 bridgehead atoms. The molecular weight excluding hydrogens is 314 g/mol. The molecule has 0 saturated carbocycles. The van der Waals surface area contributed by atoms with Crippen molar-refractivity contribution >= 4 is 20.4 Å². The molecule has 0 aromatic heterocycles. The molecule has 12 heteroatoms. The fourth-order valence-corrected chi connectivity index (χ4v) is 2.83. The van der Waals surface area contributed by atoms with E-state index < -0.39 is 55.9 Å². The van der Waals surface area contributed by atoms with Gasteiger partial charge in [-0.3, -0.25) is 0 Å². The molecule has 18 heavy (non-hydrogen) atoms. The van der Waals surface area contributed by atoms with Crippen LogP contribution in [0.5, 0.6) is 0 Å².